The van der Waals surface area contributed by atoms with E-state index < -0.39 is 11.7 Å². The predicted octanol–water partition coefficient (Wildman–Crippen LogP) is 3.01. The number of carbonyl (C=O) groups is 2. The van der Waals surface area contributed by atoms with Crippen LogP contribution in [0.2, 0.25) is 0 Å². The number of nitrogens with two attached hydrogens (primary N) is 1. The van der Waals surface area contributed by atoms with Gasteiger partial charge in [0.1, 0.15) is 17.5 Å². The lowest BCUT2D eigenvalue weighted by Gasteiger charge is -2.13. The number of halogens is 1. The summed E-state index contributed by atoms with van der Waals surface area (Å²) < 4.78 is 14.3. The molecule has 5 N–H and O–H groups in total. The average Bonchev–Trinajstić information content (AvgIpc) is 3.30. The van der Waals surface area contributed by atoms with Gasteiger partial charge in [-0.05, 0) is 24.3 Å². The highest BCUT2D eigenvalue weighted by atomic mass is 32.1. The number of hydrogen-bond acceptors (Lipinski definition) is 8. The first-order valence-corrected chi connectivity index (χ1v) is 11.0. The molecule has 1 aliphatic rings. The summed E-state index contributed by atoms with van der Waals surface area (Å²) in [7, 11) is 1.49. The summed E-state index contributed by atoms with van der Waals surface area (Å²) >= 11 is 1.47. The van der Waals surface area contributed by atoms with E-state index >= 15 is 0 Å². The van der Waals surface area contributed by atoms with Crippen molar-refractivity contribution in [2.75, 3.05) is 24.2 Å². The van der Waals surface area contributed by atoms with Crippen molar-refractivity contribution in [3.05, 3.63) is 76.5 Å². The van der Waals surface area contributed by atoms with Gasteiger partial charge < -0.3 is 21.7 Å². The van der Waals surface area contributed by atoms with Crippen molar-refractivity contribution >= 4 is 46.2 Å². The van der Waals surface area contributed by atoms with Crippen molar-refractivity contribution < 1.29 is 14.0 Å². The molecule has 0 saturated carbocycles. The number of amidine groups is 2. The largest absolute Gasteiger partial charge is 0.365 e. The number of amides is 2. The van der Waals surface area contributed by atoms with Crippen molar-refractivity contribution in [3.63, 3.8) is 0 Å². The number of aliphatic imine (C=N–C) groups is 2. The quantitative estimate of drug-likeness (QED) is 0.448. The average molecular weight is 478 g/mol. The molecule has 1 aromatic heterocycles. The van der Waals surface area contributed by atoms with E-state index in [1.54, 1.807) is 5.51 Å². The Kier molecular flexibility index (Phi) is 6.74. The van der Waals surface area contributed by atoms with Gasteiger partial charge in [-0.2, -0.15) is 0 Å². The van der Waals surface area contributed by atoms with Gasteiger partial charge >= 0.3 is 0 Å². The topological polar surface area (TPSA) is 134 Å². The molecule has 0 bridgehead atoms. The van der Waals surface area contributed by atoms with E-state index in [0.717, 1.165) is 11.3 Å². The van der Waals surface area contributed by atoms with E-state index in [1.165, 1.54) is 42.8 Å². The monoisotopic (exact) mass is 477 g/mol. The highest BCUT2D eigenvalue weighted by Gasteiger charge is 2.19. The van der Waals surface area contributed by atoms with Gasteiger partial charge in [0.25, 0.3) is 11.8 Å². The molecule has 2 heterocycles. The molecule has 2 aromatic carbocycles. The molecule has 0 spiro atoms. The van der Waals surface area contributed by atoms with Crippen molar-refractivity contribution in [3.8, 4) is 11.3 Å². The van der Waals surface area contributed by atoms with Crippen LogP contribution in [-0.2, 0) is 4.79 Å². The fourth-order valence-electron chi connectivity index (χ4n) is 3.19. The van der Waals surface area contributed by atoms with E-state index in [0.29, 0.717) is 5.69 Å². The molecule has 3 aromatic rings. The highest BCUT2D eigenvalue weighted by Crippen LogP contribution is 2.28. The first-order valence-electron chi connectivity index (χ1n) is 10.1. The number of nitrogens with one attached hydrogen (secondary N) is 3. The van der Waals surface area contributed by atoms with Crippen LogP contribution < -0.4 is 21.7 Å². The number of nitrogens with zero attached hydrogens (tertiary/aromatic N) is 3. The molecule has 9 nitrogen and oxygen atoms in total. The zero-order valence-electron chi connectivity index (χ0n) is 18.0. The highest BCUT2D eigenvalue weighted by molar-refractivity contribution is 7.07. The fraction of sp³-hybridized carbons (Fsp3) is 0.0870. The molecule has 0 fully saturated rings. The fourth-order valence-corrected chi connectivity index (χ4v) is 3.75. The van der Waals surface area contributed by atoms with Crippen LogP contribution in [0, 0.1) is 5.82 Å². The maximum atomic E-state index is 14.3. The summed E-state index contributed by atoms with van der Waals surface area (Å²) in [6, 6.07) is 11.4. The van der Waals surface area contributed by atoms with Gasteiger partial charge in [-0.3, -0.25) is 14.6 Å². The Bertz CT molecular complexity index is 1330. The maximum Gasteiger partial charge on any atom is 0.254 e. The van der Waals surface area contributed by atoms with E-state index in [2.05, 4.69) is 30.9 Å². The molecular weight excluding hydrogens is 457 g/mol. The zero-order valence-corrected chi connectivity index (χ0v) is 18.8. The van der Waals surface area contributed by atoms with Gasteiger partial charge in [0.15, 0.2) is 0 Å². The summed E-state index contributed by atoms with van der Waals surface area (Å²) in [5.74, 6) is -1.18. The molecule has 172 valence electrons. The molecule has 11 heteroatoms. The first-order chi connectivity index (χ1) is 16.5. The first kappa shape index (κ1) is 22.8. The summed E-state index contributed by atoms with van der Waals surface area (Å²) in [4.78, 5) is 37.0. The number of primary amides is 1. The Morgan fingerprint density at radius 3 is 2.68 bits per heavy atom. The third-order valence-corrected chi connectivity index (χ3v) is 5.47. The predicted molar refractivity (Wildman–Crippen MR) is 132 cm³/mol. The molecule has 0 unspecified atom stereocenters. The molecule has 0 atom stereocenters. The Labute approximate surface area is 198 Å². The smallest absolute Gasteiger partial charge is 0.254 e. The molecule has 2 amide bonds. The van der Waals surface area contributed by atoms with E-state index in [9.17, 15) is 14.0 Å². The second kappa shape index (κ2) is 10.0. The van der Waals surface area contributed by atoms with E-state index in [1.807, 2.05) is 29.6 Å². The minimum absolute atomic E-state index is 0.00186. The van der Waals surface area contributed by atoms with Crippen LogP contribution in [0.25, 0.3) is 11.3 Å². The number of carbonyl (C=O) groups excluding carboxylic acids is 2. The van der Waals surface area contributed by atoms with Crippen molar-refractivity contribution in [2.45, 2.75) is 0 Å². The van der Waals surface area contributed by atoms with Gasteiger partial charge in [0.05, 0.1) is 29.0 Å². The van der Waals surface area contributed by atoms with Crippen molar-refractivity contribution in [2.24, 2.45) is 15.7 Å². The van der Waals surface area contributed by atoms with Gasteiger partial charge in [-0.25, -0.2) is 14.4 Å². The number of hydrogen-bond donors (Lipinski definition) is 4. The van der Waals surface area contributed by atoms with Crippen LogP contribution in [0.3, 0.4) is 0 Å². The van der Waals surface area contributed by atoms with E-state index in [4.69, 9.17) is 5.73 Å². The number of rotatable bonds is 5. The maximum absolute atomic E-state index is 14.3. The second-order valence-corrected chi connectivity index (χ2v) is 7.81. The molecule has 0 radical (unpaired) electrons. The van der Waals surface area contributed by atoms with Gasteiger partial charge in [-0.1, -0.05) is 18.2 Å². The summed E-state index contributed by atoms with van der Waals surface area (Å²) in [5.41, 5.74) is 9.97. The molecule has 0 saturated heterocycles. The van der Waals surface area contributed by atoms with Crippen LogP contribution in [-0.4, -0.2) is 42.1 Å². The van der Waals surface area contributed by atoms with Crippen molar-refractivity contribution in [1.82, 2.24) is 10.3 Å². The third kappa shape index (κ3) is 4.99. The van der Waals surface area contributed by atoms with E-state index in [-0.39, 0.29) is 40.9 Å². The normalized spacial score (nSPS) is 13.2. The van der Waals surface area contributed by atoms with Crippen LogP contribution in [0.1, 0.15) is 10.4 Å². The molecule has 4 rings (SSSR count). The van der Waals surface area contributed by atoms with Gasteiger partial charge in [-0.15, -0.1) is 11.3 Å². The van der Waals surface area contributed by atoms with Crippen LogP contribution in [0.15, 0.2) is 75.1 Å². The zero-order chi connectivity index (χ0) is 24.1. The van der Waals surface area contributed by atoms with Crippen molar-refractivity contribution in [1.29, 1.82) is 0 Å². The molecule has 1 aliphatic heterocycles. The molecular formula is C23H20FN7O2S. The Morgan fingerprint density at radius 2 is 1.94 bits per heavy atom. The number of aromatic nitrogens is 1. The third-order valence-electron chi connectivity index (χ3n) is 4.88. The minimum Gasteiger partial charge on any atom is -0.365 e. The van der Waals surface area contributed by atoms with Crippen LogP contribution in [0.5, 0.6) is 0 Å². The van der Waals surface area contributed by atoms with Gasteiger partial charge in [0.2, 0.25) is 0 Å². The van der Waals surface area contributed by atoms with Gasteiger partial charge in [0, 0.05) is 35.4 Å². The summed E-state index contributed by atoms with van der Waals surface area (Å²) in [6.45, 7) is -0.00186. The lowest BCUT2D eigenvalue weighted by atomic mass is 10.1. The lowest BCUT2D eigenvalue weighted by molar-refractivity contribution is -0.114. The number of benzene rings is 2. The van der Waals surface area contributed by atoms with Crippen LogP contribution >= 0.6 is 11.3 Å². The second-order valence-electron chi connectivity index (χ2n) is 7.09. The Hall–Kier alpha value is -4.38. The SMILES string of the molecule is CNC(=O)c1ccc(F)c(NC2=NC=C(C(N)=O)C(Nc3ccccc3-c3cscn3)=NC2)c1. The summed E-state index contributed by atoms with van der Waals surface area (Å²) in [6.07, 6.45) is 1.27. The number of para-hydroxylation sites is 1. The molecule has 0 aliphatic carbocycles. The standard InChI is InChI=1S/C23H20FN7O2S/c1-26-23(33)13-6-7-16(24)18(8-13)30-20-10-28-22(15(9-27-20)21(25)32)31-17-5-3-2-4-14(17)19-11-34-12-29-19/h2-9,11-12H,10H2,1H3,(H2,25,32)(H,26,33)(H,27,30)(H,28,31). The minimum atomic E-state index is -0.727. The lowest BCUT2D eigenvalue weighted by Crippen LogP contribution is -2.26. The Morgan fingerprint density at radius 1 is 1.12 bits per heavy atom. The number of thiazole rings is 1. The summed E-state index contributed by atoms with van der Waals surface area (Å²) in [5, 5.41) is 10.4. The van der Waals surface area contributed by atoms with Crippen LogP contribution in [0.4, 0.5) is 15.8 Å². The number of anilines is 2. The Balaban J connectivity index is 1.61. The molecule has 34 heavy (non-hydrogen) atoms.